The van der Waals surface area contributed by atoms with Crippen LogP contribution in [0.3, 0.4) is 0 Å². The number of methoxy groups -OCH3 is 1. The van der Waals surface area contributed by atoms with Gasteiger partial charge in [0, 0.05) is 12.7 Å². The second-order valence-electron chi connectivity index (χ2n) is 5.32. The molecule has 3 aromatic rings. The zero-order valence-corrected chi connectivity index (χ0v) is 13.7. The molecule has 0 aliphatic rings. The molecule has 1 heterocycles. The number of carbonyl (C=O) groups excluding carboxylic acids is 1. The molecule has 0 aliphatic carbocycles. The van der Waals surface area contributed by atoms with Gasteiger partial charge in [-0.3, -0.25) is 4.79 Å². The van der Waals surface area contributed by atoms with E-state index in [0.717, 1.165) is 23.0 Å². The van der Waals surface area contributed by atoms with Crippen molar-refractivity contribution in [3.05, 3.63) is 66.0 Å². The van der Waals surface area contributed by atoms with E-state index < -0.39 is 0 Å². The van der Waals surface area contributed by atoms with E-state index in [1.807, 2.05) is 59.3 Å². The molecule has 0 unspecified atom stereocenters. The van der Waals surface area contributed by atoms with Crippen molar-refractivity contribution >= 4 is 22.9 Å². The van der Waals surface area contributed by atoms with Gasteiger partial charge < -0.3 is 9.30 Å². The molecular weight excluding hydrogens is 302 g/mol. The van der Waals surface area contributed by atoms with Crippen molar-refractivity contribution in [1.29, 1.82) is 0 Å². The predicted molar refractivity (Wildman–Crippen MR) is 95.7 cm³/mol. The summed E-state index contributed by atoms with van der Waals surface area (Å²) in [5.74, 6) is 0.224. The number of rotatable bonds is 5. The Balaban J connectivity index is 1.83. The summed E-state index contributed by atoms with van der Waals surface area (Å²) in [4.78, 5) is 12.4. The SMILES string of the molecule is CCn1cccc1/C=N\NC(=O)c1cc2ccccc2cc1OC. The summed E-state index contributed by atoms with van der Waals surface area (Å²) in [6, 6.07) is 15.4. The van der Waals surface area contributed by atoms with Crippen LogP contribution in [0.25, 0.3) is 10.8 Å². The Morgan fingerprint density at radius 1 is 1.21 bits per heavy atom. The Bertz CT molecular complexity index is 897. The molecule has 0 fully saturated rings. The fraction of sp³-hybridized carbons (Fsp3) is 0.158. The minimum absolute atomic E-state index is 0.302. The van der Waals surface area contributed by atoms with Crippen LogP contribution in [0.4, 0.5) is 0 Å². The first-order chi connectivity index (χ1) is 11.7. The minimum Gasteiger partial charge on any atom is -0.496 e. The maximum atomic E-state index is 12.4. The van der Waals surface area contributed by atoms with Crippen molar-refractivity contribution in [3.63, 3.8) is 0 Å². The monoisotopic (exact) mass is 321 g/mol. The van der Waals surface area contributed by atoms with Gasteiger partial charge in [0.05, 0.1) is 24.6 Å². The Hall–Kier alpha value is -3.08. The number of carbonyl (C=O) groups is 1. The molecule has 2 aromatic carbocycles. The first-order valence-corrected chi connectivity index (χ1v) is 7.78. The van der Waals surface area contributed by atoms with Crippen LogP contribution in [0.15, 0.2) is 59.8 Å². The third kappa shape index (κ3) is 3.15. The number of benzene rings is 2. The van der Waals surface area contributed by atoms with Gasteiger partial charge >= 0.3 is 0 Å². The van der Waals surface area contributed by atoms with Crippen LogP contribution in [-0.4, -0.2) is 23.8 Å². The molecule has 0 atom stereocenters. The van der Waals surface area contributed by atoms with Crippen molar-refractivity contribution in [2.45, 2.75) is 13.5 Å². The van der Waals surface area contributed by atoms with Crippen molar-refractivity contribution in [1.82, 2.24) is 9.99 Å². The summed E-state index contributed by atoms with van der Waals surface area (Å²) < 4.78 is 7.38. The van der Waals surface area contributed by atoms with Gasteiger partial charge in [0.25, 0.3) is 5.91 Å². The zero-order valence-electron chi connectivity index (χ0n) is 13.7. The summed E-state index contributed by atoms with van der Waals surface area (Å²) >= 11 is 0. The van der Waals surface area contributed by atoms with Crippen molar-refractivity contribution in [3.8, 4) is 5.75 Å². The molecule has 0 aliphatic heterocycles. The molecule has 1 N–H and O–H groups in total. The number of nitrogens with one attached hydrogen (secondary N) is 1. The molecule has 5 nitrogen and oxygen atoms in total. The highest BCUT2D eigenvalue weighted by molar-refractivity contribution is 6.01. The predicted octanol–water partition coefficient (Wildman–Crippen LogP) is 3.43. The van der Waals surface area contributed by atoms with Gasteiger partial charge in [-0.2, -0.15) is 5.10 Å². The first-order valence-electron chi connectivity index (χ1n) is 7.78. The van der Waals surface area contributed by atoms with Gasteiger partial charge in [-0.1, -0.05) is 24.3 Å². The van der Waals surface area contributed by atoms with Crippen LogP contribution >= 0.6 is 0 Å². The van der Waals surface area contributed by atoms with E-state index in [1.54, 1.807) is 13.3 Å². The fourth-order valence-electron chi connectivity index (χ4n) is 2.62. The van der Waals surface area contributed by atoms with Gasteiger partial charge in [-0.05, 0) is 42.0 Å². The Kier molecular flexibility index (Phi) is 4.61. The number of amides is 1. The Morgan fingerprint density at radius 3 is 2.67 bits per heavy atom. The van der Waals surface area contributed by atoms with E-state index in [9.17, 15) is 4.79 Å². The molecule has 0 saturated heterocycles. The lowest BCUT2D eigenvalue weighted by atomic mass is 10.1. The summed E-state index contributed by atoms with van der Waals surface area (Å²) in [6.45, 7) is 2.90. The van der Waals surface area contributed by atoms with Crippen molar-refractivity contribution in [2.75, 3.05) is 7.11 Å². The van der Waals surface area contributed by atoms with Crippen molar-refractivity contribution in [2.24, 2.45) is 5.10 Å². The van der Waals surface area contributed by atoms with Crippen molar-refractivity contribution < 1.29 is 9.53 Å². The lowest BCUT2D eigenvalue weighted by Gasteiger charge is -2.09. The summed E-state index contributed by atoms with van der Waals surface area (Å²) in [7, 11) is 1.55. The van der Waals surface area contributed by atoms with Crippen LogP contribution in [-0.2, 0) is 6.54 Å². The average Bonchev–Trinajstić information content (AvgIpc) is 3.08. The standard InChI is InChI=1S/C19H19N3O2/c1-3-22-10-6-9-16(22)13-20-21-19(23)17-11-14-7-4-5-8-15(14)12-18(17)24-2/h4-13H,3H2,1-2H3,(H,21,23)/b20-13-. The third-order valence-electron chi connectivity index (χ3n) is 3.88. The number of hydrogen-bond donors (Lipinski definition) is 1. The normalized spacial score (nSPS) is 11.1. The number of hydrazone groups is 1. The van der Waals surface area contributed by atoms with E-state index in [2.05, 4.69) is 17.5 Å². The topological polar surface area (TPSA) is 55.6 Å². The molecule has 3 rings (SSSR count). The number of nitrogens with zero attached hydrogens (tertiary/aromatic N) is 2. The van der Waals surface area contributed by atoms with Gasteiger partial charge in [0.2, 0.25) is 0 Å². The van der Waals surface area contributed by atoms with E-state index in [-0.39, 0.29) is 5.91 Å². The van der Waals surface area contributed by atoms with E-state index in [0.29, 0.717) is 11.3 Å². The van der Waals surface area contributed by atoms with Gasteiger partial charge in [0.15, 0.2) is 0 Å². The maximum absolute atomic E-state index is 12.4. The van der Waals surface area contributed by atoms with E-state index in [1.165, 1.54) is 0 Å². The average molecular weight is 321 g/mol. The Morgan fingerprint density at radius 2 is 1.96 bits per heavy atom. The molecule has 5 heteroatoms. The largest absolute Gasteiger partial charge is 0.496 e. The highest BCUT2D eigenvalue weighted by atomic mass is 16.5. The third-order valence-corrected chi connectivity index (χ3v) is 3.88. The van der Waals surface area contributed by atoms with Crippen LogP contribution in [0, 0.1) is 0 Å². The summed E-state index contributed by atoms with van der Waals surface area (Å²) in [6.07, 6.45) is 3.60. The smallest absolute Gasteiger partial charge is 0.275 e. The molecule has 1 aromatic heterocycles. The van der Waals surface area contributed by atoms with Gasteiger partial charge in [-0.15, -0.1) is 0 Å². The molecular formula is C19H19N3O2. The molecule has 0 saturated carbocycles. The molecule has 0 bridgehead atoms. The number of fused-ring (bicyclic) bond motifs is 1. The highest BCUT2D eigenvalue weighted by Gasteiger charge is 2.13. The Labute approximate surface area is 140 Å². The minimum atomic E-state index is -0.302. The lowest BCUT2D eigenvalue weighted by Crippen LogP contribution is -2.18. The van der Waals surface area contributed by atoms with Crippen LogP contribution in [0.5, 0.6) is 5.75 Å². The molecule has 24 heavy (non-hydrogen) atoms. The van der Waals surface area contributed by atoms with Crippen LogP contribution < -0.4 is 10.2 Å². The molecule has 0 spiro atoms. The second-order valence-corrected chi connectivity index (χ2v) is 5.32. The molecule has 0 radical (unpaired) electrons. The first kappa shape index (κ1) is 15.8. The maximum Gasteiger partial charge on any atom is 0.275 e. The van der Waals surface area contributed by atoms with E-state index in [4.69, 9.17) is 4.74 Å². The fourth-order valence-corrected chi connectivity index (χ4v) is 2.62. The van der Waals surface area contributed by atoms with Crippen LogP contribution in [0.2, 0.25) is 0 Å². The number of aryl methyl sites for hydroxylation is 1. The zero-order chi connectivity index (χ0) is 16.9. The number of ether oxygens (including phenoxy) is 1. The van der Waals surface area contributed by atoms with Gasteiger partial charge in [0.1, 0.15) is 5.75 Å². The number of aromatic nitrogens is 1. The molecule has 1 amide bonds. The van der Waals surface area contributed by atoms with Gasteiger partial charge in [-0.25, -0.2) is 5.43 Å². The molecule has 122 valence electrons. The number of hydrogen-bond acceptors (Lipinski definition) is 3. The summed E-state index contributed by atoms with van der Waals surface area (Å²) in [5, 5.41) is 6.06. The second kappa shape index (κ2) is 7.00. The lowest BCUT2D eigenvalue weighted by molar-refractivity contribution is 0.0952. The summed E-state index contributed by atoms with van der Waals surface area (Å²) in [5.41, 5.74) is 3.96. The van der Waals surface area contributed by atoms with E-state index >= 15 is 0 Å². The highest BCUT2D eigenvalue weighted by Crippen LogP contribution is 2.25. The van der Waals surface area contributed by atoms with Crippen LogP contribution in [0.1, 0.15) is 23.0 Å². The quantitative estimate of drug-likeness (QED) is 0.578.